The van der Waals surface area contributed by atoms with Crippen LogP contribution in [0.25, 0.3) is 0 Å². The van der Waals surface area contributed by atoms with Crippen LogP contribution in [0.4, 0.5) is 5.69 Å². The lowest BCUT2D eigenvalue weighted by molar-refractivity contribution is 0.0791. The molecule has 3 rings (SSSR count). The number of hydrogen-bond acceptors (Lipinski definition) is 4. The van der Waals surface area contributed by atoms with Crippen LogP contribution in [-0.2, 0) is 0 Å². The third-order valence-corrected chi connectivity index (χ3v) is 4.99. The van der Waals surface area contributed by atoms with Crippen LogP contribution >= 0.6 is 0 Å². The molecule has 0 spiro atoms. The first kappa shape index (κ1) is 20.5. The lowest BCUT2D eigenvalue weighted by Crippen LogP contribution is -2.28. The number of ether oxygens (including phenoxy) is 2. The third-order valence-electron chi connectivity index (χ3n) is 4.99. The molecule has 0 aliphatic carbocycles. The smallest absolute Gasteiger partial charge is 0.255 e. The van der Waals surface area contributed by atoms with Crippen LogP contribution in [0.5, 0.6) is 11.5 Å². The van der Waals surface area contributed by atoms with E-state index in [4.69, 9.17) is 9.47 Å². The van der Waals surface area contributed by atoms with Crippen LogP contribution in [-0.4, -0.2) is 43.5 Å². The molecule has 29 heavy (non-hydrogen) atoms. The van der Waals surface area contributed by atoms with Crippen molar-refractivity contribution in [2.75, 3.05) is 32.1 Å². The molecule has 0 atom stereocenters. The lowest BCUT2D eigenvalue weighted by atomic mass is 10.0. The van der Waals surface area contributed by atoms with Gasteiger partial charge in [-0.05, 0) is 55.7 Å². The number of amides is 2. The van der Waals surface area contributed by atoms with Crippen LogP contribution in [0.2, 0.25) is 0 Å². The predicted molar refractivity (Wildman–Crippen MR) is 113 cm³/mol. The van der Waals surface area contributed by atoms with Gasteiger partial charge in [0.2, 0.25) is 0 Å². The van der Waals surface area contributed by atoms with E-state index in [1.165, 1.54) is 7.11 Å². The fourth-order valence-electron chi connectivity index (χ4n) is 3.36. The molecule has 152 valence electrons. The molecule has 0 aromatic heterocycles. The van der Waals surface area contributed by atoms with E-state index >= 15 is 0 Å². The Bertz CT molecular complexity index is 917. The predicted octanol–water partition coefficient (Wildman–Crippen LogP) is 4.06. The van der Waals surface area contributed by atoms with E-state index in [1.807, 2.05) is 11.8 Å². The Hall–Kier alpha value is -3.28. The van der Waals surface area contributed by atoms with E-state index in [0.29, 0.717) is 34.9 Å². The quantitative estimate of drug-likeness (QED) is 0.719. The summed E-state index contributed by atoms with van der Waals surface area (Å²) in [5.74, 6) is 0.737. The molecule has 1 aliphatic rings. The Morgan fingerprint density at radius 1 is 1.17 bits per heavy atom. The summed E-state index contributed by atoms with van der Waals surface area (Å²) in [4.78, 5) is 27.4. The van der Waals surface area contributed by atoms with Gasteiger partial charge in [-0.25, -0.2) is 0 Å². The highest BCUT2D eigenvalue weighted by Gasteiger charge is 2.22. The average molecular weight is 394 g/mol. The molecule has 1 N–H and O–H groups in total. The van der Waals surface area contributed by atoms with Gasteiger partial charge in [0.15, 0.2) is 11.5 Å². The van der Waals surface area contributed by atoms with Crippen LogP contribution in [0.15, 0.2) is 49.1 Å². The van der Waals surface area contributed by atoms with Crippen molar-refractivity contribution in [3.8, 4) is 11.5 Å². The minimum Gasteiger partial charge on any atom is -0.493 e. The maximum absolute atomic E-state index is 12.8. The minimum absolute atomic E-state index is 0.0153. The molecular formula is C23H26N2O4. The van der Waals surface area contributed by atoms with E-state index in [9.17, 15) is 9.59 Å². The topological polar surface area (TPSA) is 67.9 Å². The molecule has 1 fully saturated rings. The van der Waals surface area contributed by atoms with Crippen molar-refractivity contribution in [1.29, 1.82) is 0 Å². The van der Waals surface area contributed by atoms with E-state index in [-0.39, 0.29) is 11.8 Å². The lowest BCUT2D eigenvalue weighted by Gasteiger charge is -2.18. The van der Waals surface area contributed by atoms with Gasteiger partial charge >= 0.3 is 0 Å². The Kier molecular flexibility index (Phi) is 6.54. The highest BCUT2D eigenvalue weighted by Crippen LogP contribution is 2.29. The molecular weight excluding hydrogens is 368 g/mol. The zero-order valence-electron chi connectivity index (χ0n) is 16.9. The molecule has 6 heteroatoms. The van der Waals surface area contributed by atoms with Gasteiger partial charge < -0.3 is 19.7 Å². The number of nitrogens with zero attached hydrogens (tertiary/aromatic N) is 1. The third kappa shape index (κ3) is 4.59. The van der Waals surface area contributed by atoms with Gasteiger partial charge in [-0.2, -0.15) is 0 Å². The normalized spacial score (nSPS) is 13.1. The number of carbonyl (C=O) groups is 2. The SMILES string of the molecule is C=CCOc1ccc(C(=O)Nc2cccc(C(=O)N3CCCC3)c2C)cc1OC. The molecule has 0 radical (unpaired) electrons. The number of anilines is 1. The Labute approximate surface area is 171 Å². The van der Waals surface area contributed by atoms with Crippen molar-refractivity contribution in [3.63, 3.8) is 0 Å². The van der Waals surface area contributed by atoms with Crippen LogP contribution in [0.1, 0.15) is 39.1 Å². The molecule has 6 nitrogen and oxygen atoms in total. The average Bonchev–Trinajstić information content (AvgIpc) is 3.28. The zero-order chi connectivity index (χ0) is 20.8. The first-order chi connectivity index (χ1) is 14.0. The highest BCUT2D eigenvalue weighted by molar-refractivity contribution is 6.06. The van der Waals surface area contributed by atoms with Gasteiger partial charge in [0.25, 0.3) is 11.8 Å². The zero-order valence-corrected chi connectivity index (χ0v) is 16.9. The van der Waals surface area contributed by atoms with E-state index in [1.54, 1.807) is 42.5 Å². The van der Waals surface area contributed by atoms with Crippen molar-refractivity contribution in [1.82, 2.24) is 4.90 Å². The Morgan fingerprint density at radius 3 is 2.62 bits per heavy atom. The van der Waals surface area contributed by atoms with Crippen LogP contribution < -0.4 is 14.8 Å². The van der Waals surface area contributed by atoms with Gasteiger partial charge in [-0.1, -0.05) is 18.7 Å². The summed E-state index contributed by atoms with van der Waals surface area (Å²) in [5.41, 5.74) is 2.43. The van der Waals surface area contributed by atoms with Gasteiger partial charge in [0.1, 0.15) is 6.61 Å². The molecule has 0 unspecified atom stereocenters. The number of benzene rings is 2. The maximum atomic E-state index is 12.8. The summed E-state index contributed by atoms with van der Waals surface area (Å²) in [6, 6.07) is 10.4. The van der Waals surface area contributed by atoms with Gasteiger partial charge in [0.05, 0.1) is 7.11 Å². The number of hydrogen-bond donors (Lipinski definition) is 1. The maximum Gasteiger partial charge on any atom is 0.255 e. The van der Waals surface area contributed by atoms with E-state index < -0.39 is 0 Å². The van der Waals surface area contributed by atoms with E-state index in [0.717, 1.165) is 31.5 Å². The number of methoxy groups -OCH3 is 1. The first-order valence-electron chi connectivity index (χ1n) is 9.67. The van der Waals surface area contributed by atoms with Crippen molar-refractivity contribution < 1.29 is 19.1 Å². The van der Waals surface area contributed by atoms with Gasteiger partial charge in [-0.3, -0.25) is 9.59 Å². The number of carbonyl (C=O) groups excluding carboxylic acids is 2. The molecule has 2 aromatic rings. The summed E-state index contributed by atoms with van der Waals surface area (Å²) < 4.78 is 10.8. The summed E-state index contributed by atoms with van der Waals surface area (Å²) in [5, 5.41) is 2.90. The second-order valence-corrected chi connectivity index (χ2v) is 6.90. The molecule has 0 saturated carbocycles. The number of nitrogens with one attached hydrogen (secondary N) is 1. The molecule has 1 aliphatic heterocycles. The van der Waals surface area contributed by atoms with Crippen molar-refractivity contribution in [2.45, 2.75) is 19.8 Å². The fraction of sp³-hybridized carbons (Fsp3) is 0.304. The van der Waals surface area contributed by atoms with E-state index in [2.05, 4.69) is 11.9 Å². The fourth-order valence-corrected chi connectivity index (χ4v) is 3.36. The monoisotopic (exact) mass is 394 g/mol. The molecule has 1 heterocycles. The summed E-state index contributed by atoms with van der Waals surface area (Å²) >= 11 is 0. The van der Waals surface area contributed by atoms with Crippen molar-refractivity contribution >= 4 is 17.5 Å². The first-order valence-corrected chi connectivity index (χ1v) is 9.67. The van der Waals surface area contributed by atoms with Crippen molar-refractivity contribution in [2.24, 2.45) is 0 Å². The van der Waals surface area contributed by atoms with Crippen molar-refractivity contribution in [3.05, 3.63) is 65.7 Å². The molecule has 2 amide bonds. The van der Waals surface area contributed by atoms with Crippen LogP contribution in [0, 0.1) is 6.92 Å². The summed E-state index contributed by atoms with van der Waals surface area (Å²) in [6.07, 6.45) is 3.71. The molecule has 0 bridgehead atoms. The Balaban J connectivity index is 1.79. The minimum atomic E-state index is -0.285. The second kappa shape index (κ2) is 9.28. The number of rotatable bonds is 7. The molecule has 2 aromatic carbocycles. The Morgan fingerprint density at radius 2 is 1.93 bits per heavy atom. The largest absolute Gasteiger partial charge is 0.493 e. The highest BCUT2D eigenvalue weighted by atomic mass is 16.5. The number of likely N-dealkylation sites (tertiary alicyclic amines) is 1. The summed E-state index contributed by atoms with van der Waals surface area (Å²) in [7, 11) is 1.52. The second-order valence-electron chi connectivity index (χ2n) is 6.90. The van der Waals surface area contributed by atoms with Crippen LogP contribution in [0.3, 0.4) is 0 Å². The standard InChI is InChI=1S/C23H26N2O4/c1-4-14-29-20-11-10-17(15-21(20)28-3)22(26)24-19-9-7-8-18(16(19)2)23(27)25-12-5-6-13-25/h4,7-11,15H,1,5-6,12-14H2,2-3H3,(H,24,26). The van der Waals surface area contributed by atoms with Gasteiger partial charge in [-0.15, -0.1) is 0 Å². The van der Waals surface area contributed by atoms with Gasteiger partial charge in [0, 0.05) is 29.9 Å². The molecule has 1 saturated heterocycles. The summed E-state index contributed by atoms with van der Waals surface area (Å²) in [6.45, 7) is 7.39.